The number of halogens is 2. The number of rotatable bonds is 8. The molecule has 0 saturated carbocycles. The third kappa shape index (κ3) is 6.50. The first-order chi connectivity index (χ1) is 20.4. The van der Waals surface area contributed by atoms with E-state index in [1.807, 2.05) is 0 Å². The zero-order chi connectivity index (χ0) is 31.4. The molecule has 0 radical (unpaired) electrons. The fourth-order valence-corrected chi connectivity index (χ4v) is 4.02. The lowest BCUT2D eigenvalue weighted by Crippen LogP contribution is -2.42. The maximum absolute atomic E-state index is 15.2. The van der Waals surface area contributed by atoms with Crippen molar-refractivity contribution in [2.24, 2.45) is 5.73 Å². The predicted molar refractivity (Wildman–Crippen MR) is 157 cm³/mol. The number of carbonyl (C=O) groups excluding carboxylic acids is 2. The fraction of sp³-hybridized carbons (Fsp3) is 0.167. The summed E-state index contributed by atoms with van der Waals surface area (Å²) in [6.07, 6.45) is 5.09. The number of carbonyl (C=O) groups is 2. The van der Waals surface area contributed by atoms with Crippen molar-refractivity contribution in [3.05, 3.63) is 116 Å². The van der Waals surface area contributed by atoms with Crippen molar-refractivity contribution in [2.75, 3.05) is 19.4 Å². The number of hydrogen-bond acceptors (Lipinski definition) is 7. The van der Waals surface area contributed by atoms with Gasteiger partial charge >= 0.3 is 5.69 Å². The molecule has 4 rings (SSSR count). The fourth-order valence-electron chi connectivity index (χ4n) is 4.02. The second-order valence-electron chi connectivity index (χ2n) is 9.81. The van der Waals surface area contributed by atoms with Crippen LogP contribution in [0.5, 0.6) is 11.5 Å². The first-order valence-electron chi connectivity index (χ1n) is 12.9. The molecule has 0 spiro atoms. The number of amides is 2. The number of nitrogens with zero attached hydrogens (tertiary/aromatic N) is 4. The van der Waals surface area contributed by atoms with E-state index in [4.69, 9.17) is 10.5 Å². The first kappa shape index (κ1) is 30.4. The summed E-state index contributed by atoms with van der Waals surface area (Å²) in [5, 5.41) is 2.46. The summed E-state index contributed by atoms with van der Waals surface area (Å²) in [6.45, 7) is 3.38. The Balaban J connectivity index is 1.66. The zero-order valence-corrected chi connectivity index (χ0v) is 23.7. The number of nitrogens with two attached hydrogens (primary N) is 1. The van der Waals surface area contributed by atoms with E-state index in [0.29, 0.717) is 0 Å². The Hall–Kier alpha value is -5.59. The topological polar surface area (TPSA) is 142 Å². The Morgan fingerprint density at radius 2 is 1.74 bits per heavy atom. The molecule has 0 aliphatic carbocycles. The van der Waals surface area contributed by atoms with Crippen molar-refractivity contribution >= 4 is 23.6 Å². The van der Waals surface area contributed by atoms with Gasteiger partial charge in [-0.15, -0.1) is 0 Å². The van der Waals surface area contributed by atoms with Crippen molar-refractivity contribution in [2.45, 2.75) is 19.9 Å². The molecule has 0 unspecified atom stereocenters. The first-order valence-corrected chi connectivity index (χ1v) is 12.9. The molecule has 13 heteroatoms. The zero-order valence-electron chi connectivity index (χ0n) is 23.7. The van der Waals surface area contributed by atoms with Gasteiger partial charge in [-0.3, -0.25) is 23.9 Å². The highest BCUT2D eigenvalue weighted by molar-refractivity contribution is 6.04. The van der Waals surface area contributed by atoms with Crippen LogP contribution in [-0.2, 0) is 0 Å². The van der Waals surface area contributed by atoms with Gasteiger partial charge < -0.3 is 20.7 Å². The number of pyridine rings is 1. The number of benzene rings is 2. The molecule has 11 nitrogen and oxygen atoms in total. The van der Waals surface area contributed by atoms with Gasteiger partial charge in [0, 0.05) is 44.3 Å². The molecule has 2 aromatic heterocycles. The van der Waals surface area contributed by atoms with E-state index in [-0.39, 0.29) is 40.0 Å². The smallest absolute Gasteiger partial charge is 0.335 e. The molecule has 43 heavy (non-hydrogen) atoms. The number of nitrogens with one attached hydrogen (secondary N) is 1. The molecule has 0 bridgehead atoms. The molecule has 0 atom stereocenters. The van der Waals surface area contributed by atoms with Gasteiger partial charge in [-0.25, -0.2) is 18.1 Å². The van der Waals surface area contributed by atoms with Crippen molar-refractivity contribution in [1.82, 2.24) is 19.0 Å². The minimum Gasteiger partial charge on any atom is -0.452 e. The molecule has 3 N–H and O–H groups in total. The van der Waals surface area contributed by atoms with E-state index in [1.54, 1.807) is 27.9 Å². The van der Waals surface area contributed by atoms with Crippen LogP contribution in [0.4, 0.5) is 14.5 Å². The van der Waals surface area contributed by atoms with Crippen molar-refractivity contribution in [3.8, 4) is 17.2 Å². The van der Waals surface area contributed by atoms with E-state index in [2.05, 4.69) is 10.3 Å². The van der Waals surface area contributed by atoms with E-state index in [1.165, 1.54) is 58.3 Å². The summed E-state index contributed by atoms with van der Waals surface area (Å²) in [7, 11) is 3.14. The molecule has 4 aromatic rings. The summed E-state index contributed by atoms with van der Waals surface area (Å²) < 4.78 is 36.3. The largest absolute Gasteiger partial charge is 0.452 e. The van der Waals surface area contributed by atoms with Crippen LogP contribution in [0.2, 0.25) is 0 Å². The van der Waals surface area contributed by atoms with Gasteiger partial charge in [0.1, 0.15) is 17.1 Å². The highest BCUT2D eigenvalue weighted by atomic mass is 19.1. The lowest BCUT2D eigenvalue weighted by Gasteiger charge is -2.16. The van der Waals surface area contributed by atoms with Crippen molar-refractivity contribution < 1.29 is 23.1 Å². The molecule has 222 valence electrons. The van der Waals surface area contributed by atoms with Crippen LogP contribution in [0.25, 0.3) is 11.8 Å². The van der Waals surface area contributed by atoms with Crippen LogP contribution >= 0.6 is 0 Å². The lowest BCUT2D eigenvalue weighted by molar-refractivity contribution is 0.0826. The quantitative estimate of drug-likeness (QED) is 0.317. The SMILES string of the molecule is CC(C)n1cc(C(=O)Nc2ccc(Oc3cc(C(=O)N(C)C)cnc3C=CN)c(F)c2)c(=O)n(-c2ccc(F)cc2)c1=O. The van der Waals surface area contributed by atoms with Gasteiger partial charge in [0.2, 0.25) is 0 Å². The maximum Gasteiger partial charge on any atom is 0.335 e. The van der Waals surface area contributed by atoms with Crippen molar-refractivity contribution in [3.63, 3.8) is 0 Å². The molecule has 0 saturated heterocycles. The second kappa shape index (κ2) is 12.5. The third-order valence-electron chi connectivity index (χ3n) is 6.20. The Morgan fingerprint density at radius 3 is 2.35 bits per heavy atom. The maximum atomic E-state index is 15.2. The van der Waals surface area contributed by atoms with Gasteiger partial charge in [-0.1, -0.05) is 0 Å². The third-order valence-corrected chi connectivity index (χ3v) is 6.20. The van der Waals surface area contributed by atoms with Crippen LogP contribution in [0.3, 0.4) is 0 Å². The van der Waals surface area contributed by atoms with Crippen LogP contribution < -0.4 is 27.0 Å². The van der Waals surface area contributed by atoms with Crippen LogP contribution in [0, 0.1) is 11.6 Å². The van der Waals surface area contributed by atoms with E-state index in [9.17, 15) is 23.6 Å². The molecule has 0 fully saturated rings. The van der Waals surface area contributed by atoms with E-state index >= 15 is 4.39 Å². The minimum absolute atomic E-state index is 0.0124. The van der Waals surface area contributed by atoms with E-state index in [0.717, 1.165) is 29.0 Å². The average Bonchev–Trinajstić information content (AvgIpc) is 2.95. The van der Waals surface area contributed by atoms with Crippen LogP contribution in [0.15, 0.2) is 76.7 Å². The Morgan fingerprint density at radius 1 is 1.05 bits per heavy atom. The number of aromatic nitrogens is 3. The predicted octanol–water partition coefficient (Wildman–Crippen LogP) is 3.93. The number of anilines is 1. The summed E-state index contributed by atoms with van der Waals surface area (Å²) in [6, 6.07) is 9.19. The minimum atomic E-state index is -0.938. The second-order valence-corrected chi connectivity index (χ2v) is 9.81. The molecule has 0 aliphatic heterocycles. The Labute approximate surface area is 244 Å². The molecule has 0 aliphatic rings. The van der Waals surface area contributed by atoms with Gasteiger partial charge in [-0.2, -0.15) is 0 Å². The molecular formula is C30H28F2N6O5. The van der Waals surface area contributed by atoms with Crippen molar-refractivity contribution in [1.29, 1.82) is 0 Å². The number of ether oxygens (including phenoxy) is 1. The monoisotopic (exact) mass is 590 g/mol. The summed E-state index contributed by atoms with van der Waals surface area (Å²) >= 11 is 0. The summed E-state index contributed by atoms with van der Waals surface area (Å²) in [4.78, 5) is 57.4. The number of hydrogen-bond donors (Lipinski definition) is 2. The van der Waals surface area contributed by atoms with Crippen LogP contribution in [-0.4, -0.2) is 44.9 Å². The molecule has 2 amide bonds. The highest BCUT2D eigenvalue weighted by Gasteiger charge is 2.21. The summed E-state index contributed by atoms with van der Waals surface area (Å²) in [5.74, 6) is -2.88. The van der Waals surface area contributed by atoms with Gasteiger partial charge in [0.15, 0.2) is 17.3 Å². The molecular weight excluding hydrogens is 562 g/mol. The summed E-state index contributed by atoms with van der Waals surface area (Å²) in [5.41, 5.74) is 3.93. The van der Waals surface area contributed by atoms with Gasteiger partial charge in [0.25, 0.3) is 17.4 Å². The van der Waals surface area contributed by atoms with Gasteiger partial charge in [-0.05, 0) is 68.6 Å². The molecule has 2 aromatic carbocycles. The standard InChI is InChI=1S/C30H28F2N6O5/c1-17(2)37-16-22(29(41)38(30(37)42)21-8-5-19(31)6-9-21)27(39)35-20-7-10-25(23(32)14-20)43-26-13-18(28(40)36(3)4)15-34-24(26)11-12-33/h5-17H,33H2,1-4H3,(H,35,39). The normalized spacial score (nSPS) is 11.1. The van der Waals surface area contributed by atoms with Crippen LogP contribution in [0.1, 0.15) is 46.3 Å². The highest BCUT2D eigenvalue weighted by Crippen LogP contribution is 2.30. The Kier molecular flexibility index (Phi) is 8.84. The van der Waals surface area contributed by atoms with Gasteiger partial charge in [0.05, 0.1) is 11.3 Å². The Bertz CT molecular complexity index is 1850. The molecule has 2 heterocycles. The van der Waals surface area contributed by atoms with E-state index < -0.39 is 40.4 Å². The lowest BCUT2D eigenvalue weighted by atomic mass is 10.2. The average molecular weight is 591 g/mol.